The van der Waals surface area contributed by atoms with Gasteiger partial charge in [0.15, 0.2) is 11.7 Å². The lowest BCUT2D eigenvalue weighted by Crippen LogP contribution is -2.47. The van der Waals surface area contributed by atoms with Crippen LogP contribution in [0, 0.1) is 0 Å². The van der Waals surface area contributed by atoms with E-state index in [0.29, 0.717) is 35.9 Å². The molecule has 1 saturated carbocycles. The van der Waals surface area contributed by atoms with Gasteiger partial charge in [-0.3, -0.25) is 9.59 Å². The van der Waals surface area contributed by atoms with Crippen LogP contribution in [0.3, 0.4) is 0 Å². The topological polar surface area (TPSA) is 92.4 Å². The second kappa shape index (κ2) is 7.91. The lowest BCUT2D eigenvalue weighted by atomic mass is 9.93. The minimum Gasteiger partial charge on any atom is -0.481 e. The van der Waals surface area contributed by atoms with E-state index in [4.69, 9.17) is 21.1 Å². The zero-order valence-corrected chi connectivity index (χ0v) is 15.1. The van der Waals surface area contributed by atoms with Gasteiger partial charge in [-0.15, -0.1) is 0 Å². The summed E-state index contributed by atoms with van der Waals surface area (Å²) in [5, 5.41) is 12.6. The third-order valence-electron chi connectivity index (χ3n) is 4.71. The van der Waals surface area contributed by atoms with Gasteiger partial charge >= 0.3 is 5.97 Å². The standard InChI is InChI=1S/C19H21ClN2O4/c20-14-6-2-1-5-13(14)15-12-21-17(26-15)8-7-16(23)22-19(11-18(24)25)9-3-4-10-19/h1-2,5-6,12H,3-4,7-11H2,(H,22,23)(H,24,25). The number of oxazole rings is 1. The molecule has 0 unspecified atom stereocenters. The molecule has 26 heavy (non-hydrogen) atoms. The summed E-state index contributed by atoms with van der Waals surface area (Å²) in [6.07, 6.45) is 5.40. The van der Waals surface area contributed by atoms with Crippen LogP contribution >= 0.6 is 11.6 Å². The van der Waals surface area contributed by atoms with Gasteiger partial charge in [0.25, 0.3) is 0 Å². The van der Waals surface area contributed by atoms with Crippen molar-refractivity contribution < 1.29 is 19.1 Å². The quantitative estimate of drug-likeness (QED) is 0.766. The van der Waals surface area contributed by atoms with E-state index in [-0.39, 0.29) is 18.7 Å². The maximum atomic E-state index is 12.3. The molecule has 2 aromatic rings. The highest BCUT2D eigenvalue weighted by Crippen LogP contribution is 2.33. The second-order valence-electron chi connectivity index (χ2n) is 6.70. The molecule has 0 bridgehead atoms. The van der Waals surface area contributed by atoms with Crippen molar-refractivity contribution in [3.05, 3.63) is 41.4 Å². The van der Waals surface area contributed by atoms with Crippen molar-refractivity contribution in [3.8, 4) is 11.3 Å². The molecule has 3 rings (SSSR count). The second-order valence-corrected chi connectivity index (χ2v) is 7.11. The van der Waals surface area contributed by atoms with E-state index in [9.17, 15) is 9.59 Å². The molecule has 0 aliphatic heterocycles. The number of hydrogen-bond donors (Lipinski definition) is 2. The Morgan fingerprint density at radius 3 is 2.69 bits per heavy atom. The summed E-state index contributed by atoms with van der Waals surface area (Å²) in [4.78, 5) is 27.6. The summed E-state index contributed by atoms with van der Waals surface area (Å²) >= 11 is 6.15. The normalized spacial score (nSPS) is 15.7. The highest BCUT2D eigenvalue weighted by molar-refractivity contribution is 6.33. The van der Waals surface area contributed by atoms with Gasteiger partial charge in [-0.2, -0.15) is 0 Å². The average molecular weight is 377 g/mol. The largest absolute Gasteiger partial charge is 0.481 e. The smallest absolute Gasteiger partial charge is 0.305 e. The Morgan fingerprint density at radius 2 is 2.00 bits per heavy atom. The molecule has 1 amide bonds. The number of aryl methyl sites for hydroxylation is 1. The molecule has 1 aliphatic rings. The van der Waals surface area contributed by atoms with Crippen LogP contribution in [0.15, 0.2) is 34.9 Å². The Hall–Kier alpha value is -2.34. The average Bonchev–Trinajstić information content (AvgIpc) is 3.22. The van der Waals surface area contributed by atoms with Crippen LogP contribution in [0.25, 0.3) is 11.3 Å². The van der Waals surface area contributed by atoms with Gasteiger partial charge in [0.2, 0.25) is 5.91 Å². The molecule has 138 valence electrons. The van der Waals surface area contributed by atoms with Gasteiger partial charge < -0.3 is 14.8 Å². The van der Waals surface area contributed by atoms with E-state index >= 15 is 0 Å². The summed E-state index contributed by atoms with van der Waals surface area (Å²) in [6.45, 7) is 0. The fraction of sp³-hybridized carbons (Fsp3) is 0.421. The highest BCUT2D eigenvalue weighted by Gasteiger charge is 2.37. The number of amides is 1. The SMILES string of the molecule is O=C(O)CC1(NC(=O)CCc2ncc(-c3ccccc3Cl)o2)CCCC1. The number of rotatable bonds is 7. The van der Waals surface area contributed by atoms with E-state index in [1.807, 2.05) is 18.2 Å². The molecule has 0 saturated heterocycles. The third-order valence-corrected chi connectivity index (χ3v) is 5.04. The maximum Gasteiger partial charge on any atom is 0.305 e. The maximum absolute atomic E-state index is 12.3. The summed E-state index contributed by atoms with van der Waals surface area (Å²) in [5.74, 6) is -0.0483. The first kappa shape index (κ1) is 18.5. The molecule has 0 radical (unpaired) electrons. The number of aliphatic carboxylic acids is 1. The Bertz CT molecular complexity index is 796. The fourth-order valence-corrected chi connectivity index (χ4v) is 3.71. The number of carboxylic acid groups (broad SMARTS) is 1. The number of carbonyl (C=O) groups is 2. The van der Waals surface area contributed by atoms with Gasteiger partial charge in [-0.05, 0) is 25.0 Å². The summed E-state index contributed by atoms with van der Waals surface area (Å²) < 4.78 is 5.69. The Morgan fingerprint density at radius 1 is 1.27 bits per heavy atom. The van der Waals surface area contributed by atoms with Crippen molar-refractivity contribution in [2.75, 3.05) is 0 Å². The molecule has 7 heteroatoms. The molecule has 1 heterocycles. The number of halogens is 1. The monoisotopic (exact) mass is 376 g/mol. The van der Waals surface area contributed by atoms with Gasteiger partial charge in [0.1, 0.15) is 0 Å². The number of hydrogen-bond acceptors (Lipinski definition) is 4. The van der Waals surface area contributed by atoms with Crippen molar-refractivity contribution in [1.82, 2.24) is 10.3 Å². The van der Waals surface area contributed by atoms with Gasteiger partial charge in [-0.1, -0.05) is 36.6 Å². The van der Waals surface area contributed by atoms with Crippen LogP contribution in [-0.2, 0) is 16.0 Å². The van der Waals surface area contributed by atoms with Gasteiger partial charge in [0, 0.05) is 18.4 Å². The first-order valence-corrected chi connectivity index (χ1v) is 9.08. The van der Waals surface area contributed by atoms with Crippen molar-refractivity contribution >= 4 is 23.5 Å². The molecule has 1 aromatic heterocycles. The summed E-state index contributed by atoms with van der Waals surface area (Å²) in [5.41, 5.74) is 0.145. The van der Waals surface area contributed by atoms with Crippen LogP contribution in [0.2, 0.25) is 5.02 Å². The van der Waals surface area contributed by atoms with Gasteiger partial charge in [-0.25, -0.2) is 4.98 Å². The molecule has 0 atom stereocenters. The molecule has 6 nitrogen and oxygen atoms in total. The number of aromatic nitrogens is 1. The first-order chi connectivity index (χ1) is 12.5. The molecule has 1 aliphatic carbocycles. The zero-order chi connectivity index (χ0) is 18.6. The number of carbonyl (C=O) groups excluding carboxylic acids is 1. The zero-order valence-electron chi connectivity index (χ0n) is 14.3. The van der Waals surface area contributed by atoms with Crippen molar-refractivity contribution in [3.63, 3.8) is 0 Å². The van der Waals surface area contributed by atoms with E-state index in [2.05, 4.69) is 10.3 Å². The number of nitrogens with one attached hydrogen (secondary N) is 1. The number of carboxylic acids is 1. The molecular formula is C19H21ClN2O4. The van der Waals surface area contributed by atoms with E-state index in [1.165, 1.54) is 0 Å². The summed E-state index contributed by atoms with van der Waals surface area (Å²) in [6, 6.07) is 7.31. The molecule has 0 spiro atoms. The summed E-state index contributed by atoms with van der Waals surface area (Å²) in [7, 11) is 0. The van der Waals surface area contributed by atoms with Crippen LogP contribution < -0.4 is 5.32 Å². The van der Waals surface area contributed by atoms with Crippen molar-refractivity contribution in [2.45, 2.75) is 50.5 Å². The minimum absolute atomic E-state index is 0.0333. The van der Waals surface area contributed by atoms with Crippen molar-refractivity contribution in [2.24, 2.45) is 0 Å². The predicted octanol–water partition coefficient (Wildman–Crippen LogP) is 3.83. The van der Waals surface area contributed by atoms with Crippen LogP contribution in [-0.4, -0.2) is 27.5 Å². The highest BCUT2D eigenvalue weighted by atomic mass is 35.5. The van der Waals surface area contributed by atoms with Crippen LogP contribution in [0.4, 0.5) is 0 Å². The minimum atomic E-state index is -0.885. The molecule has 1 fully saturated rings. The number of benzene rings is 1. The van der Waals surface area contributed by atoms with Crippen LogP contribution in [0.1, 0.15) is 44.4 Å². The molecular weight excluding hydrogens is 356 g/mol. The molecule has 1 aromatic carbocycles. The van der Waals surface area contributed by atoms with E-state index in [0.717, 1.165) is 18.4 Å². The fourth-order valence-electron chi connectivity index (χ4n) is 3.48. The lowest BCUT2D eigenvalue weighted by Gasteiger charge is -2.28. The molecule has 2 N–H and O–H groups in total. The van der Waals surface area contributed by atoms with E-state index in [1.54, 1.807) is 12.3 Å². The Labute approximate surface area is 156 Å². The van der Waals surface area contributed by atoms with E-state index < -0.39 is 11.5 Å². The Balaban J connectivity index is 1.58. The number of nitrogens with zero attached hydrogens (tertiary/aromatic N) is 1. The predicted molar refractivity (Wildman–Crippen MR) is 96.9 cm³/mol. The van der Waals surface area contributed by atoms with Crippen molar-refractivity contribution in [1.29, 1.82) is 0 Å². The first-order valence-electron chi connectivity index (χ1n) is 8.70. The Kier molecular flexibility index (Phi) is 5.61. The van der Waals surface area contributed by atoms with Gasteiger partial charge in [0.05, 0.1) is 23.2 Å². The van der Waals surface area contributed by atoms with Crippen LogP contribution in [0.5, 0.6) is 0 Å². The third kappa shape index (κ3) is 4.43. The lowest BCUT2D eigenvalue weighted by molar-refractivity contribution is -0.139.